The summed E-state index contributed by atoms with van der Waals surface area (Å²) in [7, 11) is 5.83. The summed E-state index contributed by atoms with van der Waals surface area (Å²) < 4.78 is 0. The minimum absolute atomic E-state index is 0.164. The summed E-state index contributed by atoms with van der Waals surface area (Å²) in [5.74, 6) is 1.56. The minimum atomic E-state index is -0.239. The van der Waals surface area contributed by atoms with E-state index in [1.165, 1.54) is 0 Å². The van der Waals surface area contributed by atoms with Crippen LogP contribution in [-0.4, -0.2) is 48.4 Å². The SMILES string of the molecule is CN(C)c1ccnc(N(C)C2CCC2O)n1. The van der Waals surface area contributed by atoms with Gasteiger partial charge in [0.25, 0.3) is 0 Å². The molecule has 0 aromatic carbocycles. The molecule has 1 aromatic heterocycles. The van der Waals surface area contributed by atoms with Crippen LogP contribution in [0.25, 0.3) is 0 Å². The van der Waals surface area contributed by atoms with Crippen LogP contribution < -0.4 is 9.80 Å². The van der Waals surface area contributed by atoms with Crippen molar-refractivity contribution in [2.24, 2.45) is 0 Å². The summed E-state index contributed by atoms with van der Waals surface area (Å²) in [4.78, 5) is 12.6. The van der Waals surface area contributed by atoms with Gasteiger partial charge >= 0.3 is 0 Å². The predicted octanol–water partition coefficient (Wildman–Crippen LogP) is 0.502. The van der Waals surface area contributed by atoms with Crippen molar-refractivity contribution in [2.45, 2.75) is 25.0 Å². The van der Waals surface area contributed by atoms with Gasteiger partial charge < -0.3 is 14.9 Å². The van der Waals surface area contributed by atoms with Crippen molar-refractivity contribution < 1.29 is 5.11 Å². The number of anilines is 2. The van der Waals surface area contributed by atoms with E-state index in [1.807, 2.05) is 37.0 Å². The molecular weight excluding hydrogens is 204 g/mol. The smallest absolute Gasteiger partial charge is 0.227 e. The molecular formula is C11H18N4O. The maximum Gasteiger partial charge on any atom is 0.227 e. The van der Waals surface area contributed by atoms with E-state index < -0.39 is 0 Å². The highest BCUT2D eigenvalue weighted by molar-refractivity contribution is 5.43. The summed E-state index contributed by atoms with van der Waals surface area (Å²) in [6, 6.07) is 2.03. The second-order valence-corrected chi connectivity index (χ2v) is 4.43. The molecule has 0 spiro atoms. The fraction of sp³-hybridized carbons (Fsp3) is 0.636. The first-order chi connectivity index (χ1) is 7.59. The van der Waals surface area contributed by atoms with E-state index in [0.717, 1.165) is 18.7 Å². The monoisotopic (exact) mass is 222 g/mol. The number of nitrogens with zero attached hydrogens (tertiary/aromatic N) is 4. The Balaban J connectivity index is 2.16. The molecule has 1 N–H and O–H groups in total. The summed E-state index contributed by atoms with van der Waals surface area (Å²) in [5, 5.41) is 9.61. The molecule has 0 amide bonds. The standard InChI is InChI=1S/C11H18N4O/c1-14(2)10-6-7-12-11(13-10)15(3)8-4-5-9(8)16/h6-9,16H,4-5H2,1-3H3. The quantitative estimate of drug-likeness (QED) is 0.807. The maximum atomic E-state index is 9.61. The van der Waals surface area contributed by atoms with Crippen LogP contribution >= 0.6 is 0 Å². The molecule has 88 valence electrons. The van der Waals surface area contributed by atoms with Gasteiger partial charge in [-0.2, -0.15) is 4.98 Å². The van der Waals surface area contributed by atoms with Crippen LogP contribution in [0.2, 0.25) is 0 Å². The third kappa shape index (κ3) is 1.95. The fourth-order valence-electron chi connectivity index (χ4n) is 1.82. The van der Waals surface area contributed by atoms with Gasteiger partial charge in [0.15, 0.2) is 0 Å². The summed E-state index contributed by atoms with van der Waals surface area (Å²) in [6.45, 7) is 0. The lowest BCUT2D eigenvalue weighted by atomic mass is 9.88. The van der Waals surface area contributed by atoms with Crippen molar-refractivity contribution in [3.8, 4) is 0 Å². The van der Waals surface area contributed by atoms with Crippen LogP contribution in [0, 0.1) is 0 Å². The first kappa shape index (κ1) is 11.1. The normalized spacial score (nSPS) is 23.8. The zero-order valence-corrected chi connectivity index (χ0v) is 9.96. The Hall–Kier alpha value is -1.36. The Bertz CT molecular complexity index is 369. The van der Waals surface area contributed by atoms with Crippen molar-refractivity contribution in [3.63, 3.8) is 0 Å². The number of hydrogen-bond acceptors (Lipinski definition) is 5. The second kappa shape index (κ2) is 4.25. The minimum Gasteiger partial charge on any atom is -0.391 e. The molecule has 0 aliphatic heterocycles. The molecule has 16 heavy (non-hydrogen) atoms. The lowest BCUT2D eigenvalue weighted by Gasteiger charge is -2.39. The molecule has 1 aliphatic carbocycles. The van der Waals surface area contributed by atoms with Crippen LogP contribution in [0.1, 0.15) is 12.8 Å². The topological polar surface area (TPSA) is 52.5 Å². The van der Waals surface area contributed by atoms with Gasteiger partial charge in [0.2, 0.25) is 5.95 Å². The van der Waals surface area contributed by atoms with Crippen molar-refractivity contribution >= 4 is 11.8 Å². The van der Waals surface area contributed by atoms with Gasteiger partial charge in [-0.1, -0.05) is 0 Å². The van der Waals surface area contributed by atoms with E-state index in [-0.39, 0.29) is 12.1 Å². The molecule has 1 aromatic rings. The Morgan fingerprint density at radius 3 is 2.56 bits per heavy atom. The lowest BCUT2D eigenvalue weighted by Crippen LogP contribution is -2.49. The van der Waals surface area contributed by atoms with Gasteiger partial charge in [-0.3, -0.25) is 0 Å². The molecule has 1 fully saturated rings. The lowest BCUT2D eigenvalue weighted by molar-refractivity contribution is 0.0662. The molecule has 1 aliphatic rings. The maximum absolute atomic E-state index is 9.61. The number of aliphatic hydroxyl groups is 1. The van der Waals surface area contributed by atoms with Gasteiger partial charge in [-0.15, -0.1) is 0 Å². The number of hydrogen-bond donors (Lipinski definition) is 1. The molecule has 1 heterocycles. The highest BCUT2D eigenvalue weighted by atomic mass is 16.3. The van der Waals surface area contributed by atoms with E-state index in [0.29, 0.717) is 5.95 Å². The molecule has 1 saturated carbocycles. The van der Waals surface area contributed by atoms with E-state index in [2.05, 4.69) is 9.97 Å². The number of aromatic nitrogens is 2. The largest absolute Gasteiger partial charge is 0.391 e. The van der Waals surface area contributed by atoms with Crippen molar-refractivity contribution in [2.75, 3.05) is 30.9 Å². The van der Waals surface area contributed by atoms with Crippen LogP contribution in [0.15, 0.2) is 12.3 Å². The van der Waals surface area contributed by atoms with Crippen LogP contribution in [0.4, 0.5) is 11.8 Å². The number of likely N-dealkylation sites (N-methyl/N-ethyl adjacent to an activating group) is 1. The predicted molar refractivity (Wildman–Crippen MR) is 63.8 cm³/mol. The highest BCUT2D eigenvalue weighted by Crippen LogP contribution is 2.27. The first-order valence-corrected chi connectivity index (χ1v) is 5.51. The summed E-state index contributed by atoms with van der Waals surface area (Å²) in [5.41, 5.74) is 0. The Kier molecular flexibility index (Phi) is 2.96. The van der Waals surface area contributed by atoms with Crippen molar-refractivity contribution in [3.05, 3.63) is 12.3 Å². The zero-order chi connectivity index (χ0) is 11.7. The van der Waals surface area contributed by atoms with Crippen molar-refractivity contribution in [1.29, 1.82) is 0 Å². The van der Waals surface area contributed by atoms with E-state index in [9.17, 15) is 5.11 Å². The van der Waals surface area contributed by atoms with E-state index in [1.54, 1.807) is 6.20 Å². The van der Waals surface area contributed by atoms with Crippen LogP contribution in [0.5, 0.6) is 0 Å². The van der Waals surface area contributed by atoms with Crippen LogP contribution in [-0.2, 0) is 0 Å². The summed E-state index contributed by atoms with van der Waals surface area (Å²) >= 11 is 0. The number of aliphatic hydroxyl groups excluding tert-OH is 1. The van der Waals surface area contributed by atoms with E-state index in [4.69, 9.17) is 0 Å². The Morgan fingerprint density at radius 1 is 1.31 bits per heavy atom. The van der Waals surface area contributed by atoms with Gasteiger partial charge in [-0.05, 0) is 18.9 Å². The third-order valence-electron chi connectivity index (χ3n) is 3.10. The third-order valence-corrected chi connectivity index (χ3v) is 3.10. The van der Waals surface area contributed by atoms with Gasteiger partial charge in [0, 0.05) is 27.3 Å². The molecule has 0 radical (unpaired) electrons. The summed E-state index contributed by atoms with van der Waals surface area (Å²) in [6.07, 6.45) is 3.39. The molecule has 0 bridgehead atoms. The Morgan fingerprint density at radius 2 is 2.06 bits per heavy atom. The highest BCUT2D eigenvalue weighted by Gasteiger charge is 2.33. The van der Waals surface area contributed by atoms with Crippen molar-refractivity contribution in [1.82, 2.24) is 9.97 Å². The first-order valence-electron chi connectivity index (χ1n) is 5.51. The van der Waals surface area contributed by atoms with E-state index >= 15 is 0 Å². The van der Waals surface area contributed by atoms with Gasteiger partial charge in [0.05, 0.1) is 12.1 Å². The average molecular weight is 222 g/mol. The molecule has 2 atom stereocenters. The fourth-order valence-corrected chi connectivity index (χ4v) is 1.82. The molecule has 5 nitrogen and oxygen atoms in total. The molecule has 0 saturated heterocycles. The average Bonchev–Trinajstić information content (AvgIpc) is 2.27. The zero-order valence-electron chi connectivity index (χ0n) is 9.96. The molecule has 2 unspecified atom stereocenters. The second-order valence-electron chi connectivity index (χ2n) is 4.43. The van der Waals surface area contributed by atoms with Crippen LogP contribution in [0.3, 0.4) is 0 Å². The van der Waals surface area contributed by atoms with Gasteiger partial charge in [-0.25, -0.2) is 4.98 Å². The van der Waals surface area contributed by atoms with Gasteiger partial charge in [0.1, 0.15) is 5.82 Å². The number of rotatable bonds is 3. The Labute approximate surface area is 95.7 Å². The molecule has 2 rings (SSSR count). The molecule has 5 heteroatoms.